The molecule has 14 heavy (non-hydrogen) atoms. The predicted octanol–water partition coefficient (Wildman–Crippen LogP) is -0.160. The summed E-state index contributed by atoms with van der Waals surface area (Å²) in [5.41, 5.74) is 0. The highest BCUT2D eigenvalue weighted by Gasteiger charge is 2.17. The van der Waals surface area contributed by atoms with Gasteiger partial charge < -0.3 is 5.11 Å². The molecule has 0 aliphatic heterocycles. The molecule has 1 N–H and O–H groups in total. The number of anilines is 1. The Kier molecular flexibility index (Phi) is 3.43. The second kappa shape index (κ2) is 4.39. The Bertz CT molecular complexity index is 377. The number of nitrogens with zero attached hydrogens (tertiary/aromatic N) is 2. The average molecular weight is 216 g/mol. The highest BCUT2D eigenvalue weighted by atomic mass is 32.2. The third-order valence-electron chi connectivity index (χ3n) is 1.74. The topological polar surface area (TPSA) is 70.5 Å². The van der Waals surface area contributed by atoms with Crippen LogP contribution in [0.25, 0.3) is 0 Å². The predicted molar refractivity (Wildman–Crippen MR) is 53.5 cm³/mol. The van der Waals surface area contributed by atoms with Gasteiger partial charge in [0, 0.05) is 13.2 Å². The van der Waals surface area contributed by atoms with Crippen LogP contribution in [0.4, 0.5) is 5.82 Å². The number of hydrogen-bond acceptors (Lipinski definition) is 4. The average Bonchev–Trinajstić information content (AvgIpc) is 2.18. The van der Waals surface area contributed by atoms with Crippen LogP contribution in [0.3, 0.4) is 0 Å². The highest BCUT2D eigenvalue weighted by molar-refractivity contribution is 7.92. The molecule has 78 valence electrons. The highest BCUT2D eigenvalue weighted by Crippen LogP contribution is 2.11. The zero-order chi connectivity index (χ0) is 10.6. The minimum atomic E-state index is -3.44. The Labute approximate surface area is 83.1 Å². The normalized spacial score (nSPS) is 11.3. The molecule has 0 saturated heterocycles. The summed E-state index contributed by atoms with van der Waals surface area (Å²) in [6, 6.07) is 5.00. The van der Waals surface area contributed by atoms with Crippen LogP contribution in [0.15, 0.2) is 24.4 Å². The molecule has 5 nitrogen and oxygen atoms in total. The molecule has 0 fully saturated rings. The Hall–Kier alpha value is -1.14. The van der Waals surface area contributed by atoms with Crippen molar-refractivity contribution in [2.24, 2.45) is 0 Å². The van der Waals surface area contributed by atoms with Crippen molar-refractivity contribution in [2.45, 2.75) is 0 Å². The molecule has 0 atom stereocenters. The summed E-state index contributed by atoms with van der Waals surface area (Å²) in [6.07, 6.45) is 1.51. The third kappa shape index (κ3) is 2.43. The summed E-state index contributed by atoms with van der Waals surface area (Å²) in [5.74, 6) is 0.0565. The number of aliphatic hydroxyl groups excluding tert-OH is 1. The van der Waals surface area contributed by atoms with E-state index in [9.17, 15) is 8.42 Å². The van der Waals surface area contributed by atoms with E-state index < -0.39 is 10.0 Å². The first-order valence-corrected chi connectivity index (χ1v) is 5.67. The lowest BCUT2D eigenvalue weighted by molar-refractivity contribution is 0.319. The summed E-state index contributed by atoms with van der Waals surface area (Å²) in [4.78, 5) is 3.89. The standard InChI is InChI=1S/C8H12N2O3S/c1-10(14(12,13)7-6-11)8-4-2-3-5-9-8/h2-5,11H,6-7H2,1H3. The molecule has 1 rings (SSSR count). The zero-order valence-electron chi connectivity index (χ0n) is 7.79. The summed E-state index contributed by atoms with van der Waals surface area (Å²) < 4.78 is 24.0. The van der Waals surface area contributed by atoms with Gasteiger partial charge in [-0.15, -0.1) is 0 Å². The van der Waals surface area contributed by atoms with Gasteiger partial charge in [-0.2, -0.15) is 0 Å². The molecule has 0 saturated carbocycles. The maximum absolute atomic E-state index is 11.5. The quantitative estimate of drug-likeness (QED) is 0.759. The Morgan fingerprint density at radius 1 is 1.50 bits per heavy atom. The molecule has 0 radical (unpaired) electrons. The lowest BCUT2D eigenvalue weighted by Gasteiger charge is -2.17. The maximum Gasteiger partial charge on any atom is 0.238 e. The molecular weight excluding hydrogens is 204 g/mol. The molecule has 0 aliphatic rings. The van der Waals surface area contributed by atoms with Crippen LogP contribution in [0, 0.1) is 0 Å². The SMILES string of the molecule is CN(c1ccccn1)S(=O)(=O)CCO. The Balaban J connectivity index is 2.91. The summed E-state index contributed by atoms with van der Waals surface area (Å²) >= 11 is 0. The first-order valence-electron chi connectivity index (χ1n) is 4.06. The third-order valence-corrected chi connectivity index (χ3v) is 3.46. The fourth-order valence-corrected chi connectivity index (χ4v) is 1.83. The summed E-state index contributed by atoms with van der Waals surface area (Å²) in [7, 11) is -2.03. The molecule has 0 aromatic carbocycles. The van der Waals surface area contributed by atoms with E-state index in [2.05, 4.69) is 4.98 Å². The molecule has 1 heterocycles. The molecule has 0 bridgehead atoms. The molecule has 1 aromatic heterocycles. The van der Waals surface area contributed by atoms with E-state index in [1.165, 1.54) is 13.2 Å². The number of pyridine rings is 1. The Morgan fingerprint density at radius 3 is 2.71 bits per heavy atom. The number of hydrogen-bond donors (Lipinski definition) is 1. The van der Waals surface area contributed by atoms with Crippen LogP contribution in [0.2, 0.25) is 0 Å². The van der Waals surface area contributed by atoms with Crippen molar-refractivity contribution in [3.63, 3.8) is 0 Å². The second-order valence-corrected chi connectivity index (χ2v) is 4.81. The van der Waals surface area contributed by atoms with Gasteiger partial charge in [-0.1, -0.05) is 6.07 Å². The molecular formula is C8H12N2O3S. The number of sulfonamides is 1. The molecule has 0 amide bonds. The largest absolute Gasteiger partial charge is 0.395 e. The van der Waals surface area contributed by atoms with E-state index in [4.69, 9.17) is 5.11 Å². The summed E-state index contributed by atoms with van der Waals surface area (Å²) in [5, 5.41) is 8.57. The van der Waals surface area contributed by atoms with E-state index in [-0.39, 0.29) is 12.4 Å². The minimum absolute atomic E-state index is 0.292. The van der Waals surface area contributed by atoms with Crippen molar-refractivity contribution in [3.8, 4) is 0 Å². The van der Waals surface area contributed by atoms with Gasteiger partial charge >= 0.3 is 0 Å². The van der Waals surface area contributed by atoms with Gasteiger partial charge in [-0.05, 0) is 12.1 Å². The van der Waals surface area contributed by atoms with Gasteiger partial charge in [0.15, 0.2) is 0 Å². The van der Waals surface area contributed by atoms with Crippen LogP contribution in [0.5, 0.6) is 0 Å². The molecule has 0 aliphatic carbocycles. The number of rotatable bonds is 4. The van der Waals surface area contributed by atoms with Gasteiger partial charge in [0.1, 0.15) is 5.82 Å². The van der Waals surface area contributed by atoms with Crippen LogP contribution in [-0.4, -0.2) is 37.9 Å². The first-order chi connectivity index (χ1) is 6.58. The van der Waals surface area contributed by atoms with Crippen LogP contribution in [-0.2, 0) is 10.0 Å². The smallest absolute Gasteiger partial charge is 0.238 e. The molecule has 0 unspecified atom stereocenters. The molecule has 6 heteroatoms. The van der Waals surface area contributed by atoms with Crippen molar-refractivity contribution >= 4 is 15.8 Å². The van der Waals surface area contributed by atoms with Crippen LogP contribution < -0.4 is 4.31 Å². The van der Waals surface area contributed by atoms with Crippen molar-refractivity contribution in [3.05, 3.63) is 24.4 Å². The fourth-order valence-electron chi connectivity index (χ4n) is 0.935. The van der Waals surface area contributed by atoms with Crippen molar-refractivity contribution in [1.29, 1.82) is 0 Å². The van der Waals surface area contributed by atoms with Crippen molar-refractivity contribution < 1.29 is 13.5 Å². The van der Waals surface area contributed by atoms with Gasteiger partial charge in [0.05, 0.1) is 12.4 Å². The number of aliphatic hydroxyl groups is 1. The van der Waals surface area contributed by atoms with E-state index in [0.717, 1.165) is 4.31 Å². The first kappa shape index (κ1) is 10.9. The zero-order valence-corrected chi connectivity index (χ0v) is 8.61. The fraction of sp³-hybridized carbons (Fsp3) is 0.375. The minimum Gasteiger partial charge on any atom is -0.395 e. The number of aromatic nitrogens is 1. The van der Waals surface area contributed by atoms with Gasteiger partial charge in [-0.3, -0.25) is 4.31 Å². The van der Waals surface area contributed by atoms with E-state index >= 15 is 0 Å². The van der Waals surface area contributed by atoms with E-state index in [1.807, 2.05) is 0 Å². The van der Waals surface area contributed by atoms with Crippen LogP contribution in [0.1, 0.15) is 0 Å². The lowest BCUT2D eigenvalue weighted by Crippen LogP contribution is -2.30. The molecule has 1 aromatic rings. The second-order valence-electron chi connectivity index (χ2n) is 2.70. The monoisotopic (exact) mass is 216 g/mol. The van der Waals surface area contributed by atoms with Gasteiger partial charge in [0.25, 0.3) is 0 Å². The molecule has 0 spiro atoms. The lowest BCUT2D eigenvalue weighted by atomic mass is 10.5. The van der Waals surface area contributed by atoms with Gasteiger partial charge in [0.2, 0.25) is 10.0 Å². The maximum atomic E-state index is 11.5. The van der Waals surface area contributed by atoms with Gasteiger partial charge in [-0.25, -0.2) is 13.4 Å². The van der Waals surface area contributed by atoms with Crippen molar-refractivity contribution in [1.82, 2.24) is 4.98 Å². The van der Waals surface area contributed by atoms with E-state index in [0.29, 0.717) is 5.82 Å². The Morgan fingerprint density at radius 2 is 2.21 bits per heavy atom. The van der Waals surface area contributed by atoms with Crippen LogP contribution >= 0.6 is 0 Å². The van der Waals surface area contributed by atoms with Crippen molar-refractivity contribution in [2.75, 3.05) is 23.7 Å². The van der Waals surface area contributed by atoms with E-state index in [1.54, 1.807) is 18.2 Å². The summed E-state index contributed by atoms with van der Waals surface area (Å²) in [6.45, 7) is -0.389.